The summed E-state index contributed by atoms with van der Waals surface area (Å²) in [4.78, 5) is 17.1. The molecule has 0 aliphatic carbocycles. The molecule has 0 radical (unpaired) electrons. The lowest BCUT2D eigenvalue weighted by Gasteiger charge is -2.22. The third-order valence-corrected chi connectivity index (χ3v) is 5.31. The summed E-state index contributed by atoms with van der Waals surface area (Å²) in [6.07, 6.45) is 4.83. The molecule has 2 aromatic rings. The second-order valence-corrected chi connectivity index (χ2v) is 7.44. The topological polar surface area (TPSA) is 109 Å². The van der Waals surface area contributed by atoms with E-state index >= 15 is 0 Å². The molecule has 0 saturated carbocycles. The smallest absolute Gasteiger partial charge is 0.228 e. The Morgan fingerprint density at radius 3 is 2.61 bits per heavy atom. The number of benzene rings is 1. The molecule has 3 rings (SSSR count). The van der Waals surface area contributed by atoms with Crippen LogP contribution in [-0.2, 0) is 0 Å². The summed E-state index contributed by atoms with van der Waals surface area (Å²) < 4.78 is 23.2. The highest BCUT2D eigenvalue weighted by Crippen LogP contribution is 2.32. The number of pyridine rings is 1. The SMILES string of the molecule is C=N/C=C1/C=C(c2cc(NSc3cc(Cl)cnc3OC)ccc2F)C(=NC)NC1=NC.CN. The Labute approximate surface area is 201 Å². The van der Waals surface area contributed by atoms with Gasteiger partial charge in [0, 0.05) is 48.9 Å². The van der Waals surface area contributed by atoms with Crippen molar-refractivity contribution in [2.24, 2.45) is 20.7 Å². The van der Waals surface area contributed by atoms with Crippen molar-refractivity contribution in [1.29, 1.82) is 0 Å². The molecule has 1 aromatic heterocycles. The third kappa shape index (κ3) is 6.41. The second-order valence-electron chi connectivity index (χ2n) is 6.15. The van der Waals surface area contributed by atoms with E-state index in [-0.39, 0.29) is 0 Å². The van der Waals surface area contributed by atoms with Gasteiger partial charge < -0.3 is 20.5 Å². The molecule has 11 heteroatoms. The molecule has 0 amide bonds. The molecule has 174 valence electrons. The first kappa shape index (κ1) is 26.0. The standard InChI is InChI=1S/C21H20ClFN6OS.CH5N/c1-24-10-12-7-16(20(26-3)28-19(12)25-2)15-9-14(5-6-17(15)23)29-31-18-8-13(22)11-27-21(18)30-4;1-2/h5-11,29H,1H2,2-4H3,(H,25,26,28);2H2,1H3/b12-10-;. The molecular formula is C22H25ClFN7OS. The summed E-state index contributed by atoms with van der Waals surface area (Å²) in [5.41, 5.74) is 6.77. The number of hydrogen-bond acceptors (Lipinski definition) is 8. The summed E-state index contributed by atoms with van der Waals surface area (Å²) in [5.74, 6) is 1.10. The quantitative estimate of drug-likeness (QED) is 0.414. The molecule has 0 atom stereocenters. The normalized spacial score (nSPS) is 16.6. The van der Waals surface area contributed by atoms with Gasteiger partial charge in [0.15, 0.2) is 0 Å². The molecule has 0 bridgehead atoms. The fourth-order valence-electron chi connectivity index (χ4n) is 2.85. The molecule has 1 aliphatic rings. The van der Waals surface area contributed by atoms with Gasteiger partial charge in [-0.2, -0.15) is 0 Å². The molecular weight excluding hydrogens is 465 g/mol. The number of nitrogens with one attached hydrogen (secondary N) is 2. The van der Waals surface area contributed by atoms with E-state index in [1.807, 2.05) is 0 Å². The predicted octanol–water partition coefficient (Wildman–Crippen LogP) is 4.20. The number of aromatic nitrogens is 1. The van der Waals surface area contributed by atoms with Crippen molar-refractivity contribution < 1.29 is 9.13 Å². The second kappa shape index (κ2) is 12.7. The molecule has 0 saturated heterocycles. The van der Waals surface area contributed by atoms with Crippen LogP contribution in [0.25, 0.3) is 5.57 Å². The van der Waals surface area contributed by atoms with Gasteiger partial charge in [0.25, 0.3) is 0 Å². The van der Waals surface area contributed by atoms with E-state index in [0.29, 0.717) is 49.9 Å². The van der Waals surface area contributed by atoms with Gasteiger partial charge in [0.2, 0.25) is 5.88 Å². The minimum Gasteiger partial charge on any atom is -0.480 e. The summed E-state index contributed by atoms with van der Waals surface area (Å²) in [5, 5.41) is 3.59. The van der Waals surface area contributed by atoms with Gasteiger partial charge in [-0.3, -0.25) is 15.0 Å². The van der Waals surface area contributed by atoms with Gasteiger partial charge in [0.05, 0.1) is 17.0 Å². The number of aliphatic imine (C=N–C) groups is 3. The number of anilines is 1. The molecule has 1 aliphatic heterocycles. The van der Waals surface area contributed by atoms with Crippen molar-refractivity contribution in [2.75, 3.05) is 33.0 Å². The van der Waals surface area contributed by atoms with Gasteiger partial charge >= 0.3 is 0 Å². The highest BCUT2D eigenvalue weighted by molar-refractivity contribution is 8.00. The van der Waals surface area contributed by atoms with Crippen molar-refractivity contribution in [3.05, 3.63) is 64.7 Å². The number of ether oxygens (including phenoxy) is 1. The Kier molecular flexibility index (Phi) is 10.0. The number of nitrogens with zero attached hydrogens (tertiary/aromatic N) is 4. The molecule has 0 fully saturated rings. The monoisotopic (exact) mass is 489 g/mol. The summed E-state index contributed by atoms with van der Waals surface area (Å²) in [6, 6.07) is 6.45. The van der Waals surface area contributed by atoms with E-state index in [9.17, 15) is 4.39 Å². The highest BCUT2D eigenvalue weighted by Gasteiger charge is 2.22. The van der Waals surface area contributed by atoms with Crippen molar-refractivity contribution in [2.45, 2.75) is 4.90 Å². The number of rotatable bonds is 6. The van der Waals surface area contributed by atoms with Crippen LogP contribution in [-0.4, -0.2) is 51.6 Å². The summed E-state index contributed by atoms with van der Waals surface area (Å²) >= 11 is 7.29. The van der Waals surface area contributed by atoms with Gasteiger partial charge in [-0.1, -0.05) is 11.6 Å². The minimum atomic E-state index is -0.394. The Balaban J connectivity index is 0.00000187. The summed E-state index contributed by atoms with van der Waals surface area (Å²) in [7, 11) is 6.30. The molecule has 4 N–H and O–H groups in total. The number of halogens is 2. The van der Waals surface area contributed by atoms with E-state index in [2.05, 4.69) is 42.5 Å². The van der Waals surface area contributed by atoms with Crippen LogP contribution in [0.2, 0.25) is 5.02 Å². The zero-order chi connectivity index (χ0) is 24.4. The van der Waals surface area contributed by atoms with Gasteiger partial charge in [-0.05, 0) is 56.1 Å². The number of amidine groups is 2. The number of nitrogens with two attached hydrogens (primary N) is 1. The van der Waals surface area contributed by atoms with E-state index in [0.717, 1.165) is 0 Å². The summed E-state index contributed by atoms with van der Waals surface area (Å²) in [6.45, 7) is 3.49. The fraction of sp³-hybridized carbons (Fsp3) is 0.182. The predicted molar refractivity (Wildman–Crippen MR) is 137 cm³/mol. The van der Waals surface area contributed by atoms with Crippen LogP contribution in [0.5, 0.6) is 5.88 Å². The Morgan fingerprint density at radius 2 is 1.97 bits per heavy atom. The largest absolute Gasteiger partial charge is 0.480 e. The Hall–Kier alpha value is -3.21. The van der Waals surface area contributed by atoms with Crippen LogP contribution in [0.4, 0.5) is 10.1 Å². The van der Waals surface area contributed by atoms with Crippen LogP contribution in [0, 0.1) is 5.82 Å². The van der Waals surface area contributed by atoms with Crippen molar-refractivity contribution >= 4 is 53.2 Å². The third-order valence-electron chi connectivity index (χ3n) is 4.26. The minimum absolute atomic E-state index is 0.361. The number of methoxy groups -OCH3 is 1. The first-order valence-electron chi connectivity index (χ1n) is 9.59. The van der Waals surface area contributed by atoms with E-state index in [4.69, 9.17) is 16.3 Å². The lowest BCUT2D eigenvalue weighted by Crippen LogP contribution is -2.36. The van der Waals surface area contributed by atoms with Crippen molar-refractivity contribution in [1.82, 2.24) is 10.3 Å². The van der Waals surface area contributed by atoms with E-state index in [1.54, 1.807) is 44.6 Å². The van der Waals surface area contributed by atoms with Crippen molar-refractivity contribution in [3.63, 3.8) is 0 Å². The van der Waals surface area contributed by atoms with Gasteiger partial charge in [-0.25, -0.2) is 9.37 Å². The highest BCUT2D eigenvalue weighted by atomic mass is 35.5. The number of hydrogen-bond donors (Lipinski definition) is 3. The Bertz CT molecular complexity index is 1130. The maximum atomic E-state index is 14.8. The molecule has 1 aromatic carbocycles. The van der Waals surface area contributed by atoms with Crippen LogP contribution >= 0.6 is 23.5 Å². The fourth-order valence-corrected chi connectivity index (χ4v) is 3.84. The van der Waals surface area contributed by atoms with E-state index < -0.39 is 5.82 Å². The van der Waals surface area contributed by atoms with Crippen LogP contribution < -0.4 is 20.5 Å². The first-order chi connectivity index (χ1) is 16.0. The molecule has 33 heavy (non-hydrogen) atoms. The van der Waals surface area contributed by atoms with Crippen LogP contribution in [0.1, 0.15) is 5.56 Å². The lowest BCUT2D eigenvalue weighted by molar-refractivity contribution is 0.387. The molecule has 8 nitrogen and oxygen atoms in total. The average Bonchev–Trinajstić information content (AvgIpc) is 2.85. The van der Waals surface area contributed by atoms with Gasteiger partial charge in [0.1, 0.15) is 17.5 Å². The first-order valence-corrected chi connectivity index (χ1v) is 10.8. The van der Waals surface area contributed by atoms with E-state index in [1.165, 1.54) is 38.4 Å². The Morgan fingerprint density at radius 1 is 1.24 bits per heavy atom. The van der Waals surface area contributed by atoms with Crippen LogP contribution in [0.3, 0.4) is 0 Å². The maximum absolute atomic E-state index is 14.8. The maximum Gasteiger partial charge on any atom is 0.228 e. The zero-order valence-corrected chi connectivity index (χ0v) is 20.3. The molecule has 0 unspecified atom stereocenters. The van der Waals surface area contributed by atoms with Crippen molar-refractivity contribution in [3.8, 4) is 5.88 Å². The molecule has 0 spiro atoms. The zero-order valence-electron chi connectivity index (χ0n) is 18.7. The van der Waals surface area contributed by atoms with Crippen LogP contribution in [0.15, 0.2) is 68.2 Å². The van der Waals surface area contributed by atoms with Gasteiger partial charge in [-0.15, -0.1) is 0 Å². The molecule has 2 heterocycles. The average molecular weight is 490 g/mol. The lowest BCUT2D eigenvalue weighted by atomic mass is 9.97.